The summed E-state index contributed by atoms with van der Waals surface area (Å²) in [5.41, 5.74) is -0.291. The molecule has 1 aromatic heterocycles. The zero-order chi connectivity index (χ0) is 19.8. The fourth-order valence-corrected chi connectivity index (χ4v) is 2.65. The molecule has 8 nitrogen and oxygen atoms in total. The van der Waals surface area contributed by atoms with Crippen molar-refractivity contribution in [2.24, 2.45) is 0 Å². The van der Waals surface area contributed by atoms with Crippen LogP contribution in [0.4, 0.5) is 0 Å². The lowest BCUT2D eigenvalue weighted by Gasteiger charge is -2.17. The molecule has 0 saturated carbocycles. The highest BCUT2D eigenvalue weighted by molar-refractivity contribution is 9.10. The van der Waals surface area contributed by atoms with E-state index in [4.69, 9.17) is 14.2 Å². The van der Waals surface area contributed by atoms with Gasteiger partial charge in [-0.3, -0.25) is 9.59 Å². The molecule has 0 saturated heterocycles. The van der Waals surface area contributed by atoms with Gasteiger partial charge in [-0.05, 0) is 34.1 Å². The predicted octanol–water partition coefficient (Wildman–Crippen LogP) is 1.18. The number of ether oxygens (including phenoxy) is 3. The Kier molecular flexibility index (Phi) is 7.68. The van der Waals surface area contributed by atoms with Crippen LogP contribution in [0.5, 0.6) is 17.2 Å². The van der Waals surface area contributed by atoms with E-state index < -0.39 is 12.0 Å². The van der Waals surface area contributed by atoms with Gasteiger partial charge in [0.2, 0.25) is 11.7 Å². The lowest BCUT2D eigenvalue weighted by Crippen LogP contribution is -2.38. The Labute approximate surface area is 164 Å². The van der Waals surface area contributed by atoms with Crippen molar-refractivity contribution in [1.29, 1.82) is 0 Å². The van der Waals surface area contributed by atoms with Crippen LogP contribution in [0.3, 0.4) is 0 Å². The molecule has 1 heterocycles. The monoisotopic (exact) mass is 440 g/mol. The van der Waals surface area contributed by atoms with E-state index in [0.29, 0.717) is 21.7 Å². The van der Waals surface area contributed by atoms with Gasteiger partial charge in [0, 0.05) is 23.3 Å². The van der Waals surface area contributed by atoms with Crippen molar-refractivity contribution in [2.45, 2.75) is 12.6 Å². The summed E-state index contributed by atoms with van der Waals surface area (Å²) in [5.74, 6) is 0.914. The van der Waals surface area contributed by atoms with Gasteiger partial charge in [-0.25, -0.2) is 0 Å². The number of pyridine rings is 1. The third kappa shape index (κ3) is 6.00. The van der Waals surface area contributed by atoms with Gasteiger partial charge in [-0.15, -0.1) is 0 Å². The van der Waals surface area contributed by atoms with Gasteiger partial charge in [-0.2, -0.15) is 0 Å². The third-order valence-corrected chi connectivity index (χ3v) is 4.07. The highest BCUT2D eigenvalue weighted by Gasteiger charge is 2.14. The highest BCUT2D eigenvalue weighted by atomic mass is 79.9. The number of carbonyl (C=O) groups is 1. The van der Waals surface area contributed by atoms with Gasteiger partial charge < -0.3 is 29.2 Å². The van der Waals surface area contributed by atoms with Crippen LogP contribution in [0, 0.1) is 0 Å². The van der Waals surface area contributed by atoms with Crippen molar-refractivity contribution < 1.29 is 24.1 Å². The first-order valence-electron chi connectivity index (χ1n) is 8.09. The summed E-state index contributed by atoms with van der Waals surface area (Å²) in [6, 6.07) is 8.14. The minimum absolute atomic E-state index is 0.0287. The third-order valence-electron chi connectivity index (χ3n) is 3.60. The first-order chi connectivity index (χ1) is 12.9. The maximum atomic E-state index is 12.0. The summed E-state index contributed by atoms with van der Waals surface area (Å²) in [7, 11) is 3.00. The number of para-hydroxylation sites is 1. The Hall–Kier alpha value is -2.52. The Balaban J connectivity index is 1.86. The lowest BCUT2D eigenvalue weighted by molar-refractivity contribution is -0.122. The van der Waals surface area contributed by atoms with E-state index in [1.807, 2.05) is 0 Å². The SMILES string of the molecule is COc1cccc(OC)c1OCC(O)CNC(=O)Cn1cc(Br)ccc1=O. The van der Waals surface area contributed by atoms with Crippen LogP contribution in [0.15, 0.2) is 45.8 Å². The second-order valence-electron chi connectivity index (χ2n) is 5.57. The molecule has 2 rings (SSSR count). The number of nitrogens with zero attached hydrogens (tertiary/aromatic N) is 1. The van der Waals surface area contributed by atoms with Crippen LogP contribution >= 0.6 is 15.9 Å². The van der Waals surface area contributed by atoms with Gasteiger partial charge in [0.15, 0.2) is 11.5 Å². The Morgan fingerprint density at radius 1 is 1.22 bits per heavy atom. The molecule has 0 bridgehead atoms. The number of aliphatic hydroxyl groups is 1. The zero-order valence-corrected chi connectivity index (χ0v) is 16.6. The molecule has 0 aliphatic carbocycles. The molecule has 0 spiro atoms. The molecule has 0 aliphatic heterocycles. The number of halogens is 1. The predicted molar refractivity (Wildman–Crippen MR) is 102 cm³/mol. The first-order valence-corrected chi connectivity index (χ1v) is 8.88. The topological polar surface area (TPSA) is 99.0 Å². The normalized spacial score (nSPS) is 11.6. The van der Waals surface area contributed by atoms with E-state index in [1.54, 1.807) is 24.3 Å². The van der Waals surface area contributed by atoms with E-state index >= 15 is 0 Å². The number of hydrogen-bond acceptors (Lipinski definition) is 6. The quantitative estimate of drug-likeness (QED) is 0.607. The molecule has 0 aliphatic rings. The molecule has 2 N–H and O–H groups in total. The number of amides is 1. The van der Waals surface area contributed by atoms with Crippen molar-refractivity contribution in [3.05, 3.63) is 51.4 Å². The minimum Gasteiger partial charge on any atom is -0.493 e. The summed E-state index contributed by atoms with van der Waals surface area (Å²) in [6.45, 7) is -0.251. The van der Waals surface area contributed by atoms with Crippen LogP contribution in [0.25, 0.3) is 0 Å². The van der Waals surface area contributed by atoms with Gasteiger partial charge in [0.1, 0.15) is 19.3 Å². The summed E-state index contributed by atoms with van der Waals surface area (Å²) in [5, 5.41) is 12.6. The summed E-state index contributed by atoms with van der Waals surface area (Å²) in [4.78, 5) is 23.7. The average Bonchev–Trinajstić information content (AvgIpc) is 2.67. The maximum absolute atomic E-state index is 12.0. The minimum atomic E-state index is -0.956. The number of methoxy groups -OCH3 is 2. The highest BCUT2D eigenvalue weighted by Crippen LogP contribution is 2.36. The van der Waals surface area contributed by atoms with Crippen LogP contribution in [0.1, 0.15) is 0 Å². The van der Waals surface area contributed by atoms with E-state index in [2.05, 4.69) is 21.2 Å². The van der Waals surface area contributed by atoms with Crippen molar-refractivity contribution in [3.63, 3.8) is 0 Å². The number of benzene rings is 1. The molecule has 0 fully saturated rings. The number of carbonyl (C=O) groups excluding carboxylic acids is 1. The van der Waals surface area contributed by atoms with Crippen molar-refractivity contribution in [3.8, 4) is 17.2 Å². The van der Waals surface area contributed by atoms with E-state index in [9.17, 15) is 14.7 Å². The molecule has 1 amide bonds. The van der Waals surface area contributed by atoms with E-state index in [-0.39, 0.29) is 25.3 Å². The lowest BCUT2D eigenvalue weighted by atomic mass is 10.3. The second kappa shape index (κ2) is 9.98. The number of nitrogens with one attached hydrogen (secondary N) is 1. The van der Waals surface area contributed by atoms with Gasteiger partial charge in [0.05, 0.1) is 14.2 Å². The zero-order valence-electron chi connectivity index (χ0n) is 15.0. The summed E-state index contributed by atoms with van der Waals surface area (Å²) < 4.78 is 18.0. The maximum Gasteiger partial charge on any atom is 0.251 e. The molecule has 1 atom stereocenters. The number of aromatic nitrogens is 1. The Morgan fingerprint density at radius 2 is 1.89 bits per heavy atom. The molecule has 146 valence electrons. The first kappa shape index (κ1) is 20.8. The largest absolute Gasteiger partial charge is 0.493 e. The molecule has 1 unspecified atom stereocenters. The van der Waals surface area contributed by atoms with Crippen LogP contribution in [-0.2, 0) is 11.3 Å². The number of hydrogen-bond donors (Lipinski definition) is 2. The number of rotatable bonds is 9. The summed E-state index contributed by atoms with van der Waals surface area (Å²) in [6.07, 6.45) is 0.567. The van der Waals surface area contributed by atoms with Crippen molar-refractivity contribution in [1.82, 2.24) is 9.88 Å². The number of aliphatic hydroxyl groups excluding tert-OH is 1. The van der Waals surface area contributed by atoms with Crippen LogP contribution in [0.2, 0.25) is 0 Å². The van der Waals surface area contributed by atoms with E-state index in [0.717, 1.165) is 0 Å². The van der Waals surface area contributed by atoms with Gasteiger partial charge in [0.25, 0.3) is 5.56 Å². The Bertz CT molecular complexity index is 817. The Morgan fingerprint density at radius 3 is 2.52 bits per heavy atom. The van der Waals surface area contributed by atoms with E-state index in [1.165, 1.54) is 31.0 Å². The fourth-order valence-electron chi connectivity index (χ4n) is 2.27. The molecule has 9 heteroatoms. The molecular formula is C18H21BrN2O6. The van der Waals surface area contributed by atoms with Crippen molar-refractivity contribution >= 4 is 21.8 Å². The van der Waals surface area contributed by atoms with Gasteiger partial charge in [-0.1, -0.05) is 6.07 Å². The smallest absolute Gasteiger partial charge is 0.251 e. The molecule has 0 radical (unpaired) electrons. The second-order valence-corrected chi connectivity index (χ2v) is 6.49. The molecule has 27 heavy (non-hydrogen) atoms. The van der Waals surface area contributed by atoms with Gasteiger partial charge >= 0.3 is 0 Å². The molecule has 2 aromatic rings. The fraction of sp³-hybridized carbons (Fsp3) is 0.333. The van der Waals surface area contributed by atoms with Crippen LogP contribution < -0.4 is 25.1 Å². The van der Waals surface area contributed by atoms with Crippen LogP contribution in [-0.4, -0.2) is 49.1 Å². The average molecular weight is 441 g/mol. The molecular weight excluding hydrogens is 420 g/mol. The molecule has 1 aromatic carbocycles. The summed E-state index contributed by atoms with van der Waals surface area (Å²) >= 11 is 3.25. The van der Waals surface area contributed by atoms with Crippen molar-refractivity contribution in [2.75, 3.05) is 27.4 Å². The standard InChI is InChI=1S/C18H21BrN2O6/c1-25-14-4-3-5-15(26-2)18(14)27-11-13(22)8-20-16(23)10-21-9-12(19)6-7-17(21)24/h3-7,9,13,22H,8,10-11H2,1-2H3,(H,20,23).